The van der Waals surface area contributed by atoms with E-state index in [2.05, 4.69) is 36.2 Å². The minimum atomic E-state index is 0.603. The highest BCUT2D eigenvalue weighted by atomic mass is 16.5. The molecule has 0 radical (unpaired) electrons. The first kappa shape index (κ1) is 13.6. The Bertz CT molecular complexity index is 587. The summed E-state index contributed by atoms with van der Waals surface area (Å²) < 4.78 is 5.36. The molecule has 102 valence electrons. The van der Waals surface area contributed by atoms with Crippen molar-refractivity contribution in [2.24, 2.45) is 5.73 Å². The lowest BCUT2D eigenvalue weighted by Gasteiger charge is -2.12. The van der Waals surface area contributed by atoms with E-state index < -0.39 is 0 Å². The molecule has 0 amide bonds. The van der Waals surface area contributed by atoms with Crippen LogP contribution in [0.1, 0.15) is 22.5 Å². The van der Waals surface area contributed by atoms with Crippen LogP contribution in [-0.4, -0.2) is 23.9 Å². The fraction of sp³-hybridized carbons (Fsp3) is 0.400. The first-order chi connectivity index (χ1) is 9.08. The van der Waals surface area contributed by atoms with Crippen LogP contribution in [0.15, 0.2) is 12.1 Å². The van der Waals surface area contributed by atoms with Gasteiger partial charge in [0.1, 0.15) is 5.75 Å². The zero-order chi connectivity index (χ0) is 14.0. The van der Waals surface area contributed by atoms with Gasteiger partial charge in [0.05, 0.1) is 12.8 Å². The first-order valence-corrected chi connectivity index (χ1v) is 6.48. The number of benzene rings is 1. The van der Waals surface area contributed by atoms with Crippen molar-refractivity contribution >= 4 is 0 Å². The van der Waals surface area contributed by atoms with Gasteiger partial charge in [-0.2, -0.15) is 5.10 Å². The van der Waals surface area contributed by atoms with E-state index in [4.69, 9.17) is 10.5 Å². The number of aromatic amines is 1. The van der Waals surface area contributed by atoms with E-state index in [9.17, 15) is 0 Å². The van der Waals surface area contributed by atoms with Gasteiger partial charge in [-0.05, 0) is 56.1 Å². The van der Waals surface area contributed by atoms with Crippen molar-refractivity contribution in [1.29, 1.82) is 0 Å². The summed E-state index contributed by atoms with van der Waals surface area (Å²) >= 11 is 0. The van der Waals surface area contributed by atoms with Crippen LogP contribution in [0.4, 0.5) is 0 Å². The van der Waals surface area contributed by atoms with E-state index in [1.165, 1.54) is 16.7 Å². The van der Waals surface area contributed by atoms with Gasteiger partial charge in [0, 0.05) is 17.7 Å². The molecule has 2 aromatic rings. The Kier molecular flexibility index (Phi) is 3.90. The van der Waals surface area contributed by atoms with Crippen LogP contribution in [0.25, 0.3) is 11.1 Å². The molecule has 0 aliphatic heterocycles. The zero-order valence-electron chi connectivity index (χ0n) is 12.0. The number of ether oxygens (including phenoxy) is 1. The summed E-state index contributed by atoms with van der Waals surface area (Å²) in [4.78, 5) is 0. The van der Waals surface area contributed by atoms with Crippen LogP contribution in [0.5, 0.6) is 5.75 Å². The average molecular weight is 259 g/mol. The SMILES string of the molecule is COc1cc(C)c(-c2c(CCN)n[nH]c2C)cc1C. The lowest BCUT2D eigenvalue weighted by atomic mass is 9.95. The van der Waals surface area contributed by atoms with Crippen LogP contribution in [0.2, 0.25) is 0 Å². The smallest absolute Gasteiger partial charge is 0.122 e. The fourth-order valence-corrected chi connectivity index (χ4v) is 2.43. The van der Waals surface area contributed by atoms with E-state index in [0.717, 1.165) is 29.1 Å². The molecule has 2 rings (SSSR count). The summed E-state index contributed by atoms with van der Waals surface area (Å²) in [7, 11) is 1.70. The summed E-state index contributed by atoms with van der Waals surface area (Å²) in [5, 5.41) is 7.42. The second-order valence-electron chi connectivity index (χ2n) is 4.85. The van der Waals surface area contributed by atoms with Gasteiger partial charge in [-0.15, -0.1) is 0 Å². The van der Waals surface area contributed by atoms with E-state index in [0.29, 0.717) is 6.54 Å². The molecule has 19 heavy (non-hydrogen) atoms. The van der Waals surface area contributed by atoms with Gasteiger partial charge in [0.2, 0.25) is 0 Å². The maximum atomic E-state index is 5.66. The topological polar surface area (TPSA) is 63.9 Å². The van der Waals surface area contributed by atoms with E-state index in [-0.39, 0.29) is 0 Å². The fourth-order valence-electron chi connectivity index (χ4n) is 2.43. The molecule has 0 bridgehead atoms. The van der Waals surface area contributed by atoms with Crippen molar-refractivity contribution < 1.29 is 4.74 Å². The summed E-state index contributed by atoms with van der Waals surface area (Å²) in [5.41, 5.74) is 12.5. The van der Waals surface area contributed by atoms with Gasteiger partial charge in [-0.1, -0.05) is 0 Å². The highest BCUT2D eigenvalue weighted by Crippen LogP contribution is 2.33. The number of hydrogen-bond acceptors (Lipinski definition) is 3. The highest BCUT2D eigenvalue weighted by molar-refractivity contribution is 5.73. The Morgan fingerprint density at radius 1 is 1.21 bits per heavy atom. The molecule has 0 unspecified atom stereocenters. The zero-order valence-corrected chi connectivity index (χ0v) is 12.0. The second kappa shape index (κ2) is 5.45. The molecular weight excluding hydrogens is 238 g/mol. The van der Waals surface area contributed by atoms with Crippen molar-refractivity contribution in [3.05, 3.63) is 34.6 Å². The van der Waals surface area contributed by atoms with E-state index in [1.54, 1.807) is 7.11 Å². The van der Waals surface area contributed by atoms with Crippen LogP contribution in [0.3, 0.4) is 0 Å². The summed E-state index contributed by atoms with van der Waals surface area (Å²) in [6, 6.07) is 4.23. The second-order valence-corrected chi connectivity index (χ2v) is 4.85. The van der Waals surface area contributed by atoms with E-state index in [1.807, 2.05) is 6.92 Å². The number of nitrogens with one attached hydrogen (secondary N) is 1. The first-order valence-electron chi connectivity index (χ1n) is 6.48. The maximum absolute atomic E-state index is 5.66. The number of methoxy groups -OCH3 is 1. The third kappa shape index (κ3) is 2.49. The molecule has 3 N–H and O–H groups in total. The Morgan fingerprint density at radius 2 is 1.95 bits per heavy atom. The van der Waals surface area contributed by atoms with Gasteiger partial charge in [0.25, 0.3) is 0 Å². The molecule has 0 spiro atoms. The molecule has 0 fully saturated rings. The summed E-state index contributed by atoms with van der Waals surface area (Å²) in [6.07, 6.45) is 0.782. The quantitative estimate of drug-likeness (QED) is 0.886. The molecule has 0 saturated heterocycles. The number of aryl methyl sites for hydroxylation is 3. The minimum Gasteiger partial charge on any atom is -0.496 e. The molecule has 0 atom stereocenters. The van der Waals surface area contributed by atoms with Crippen LogP contribution in [-0.2, 0) is 6.42 Å². The Hall–Kier alpha value is -1.81. The van der Waals surface area contributed by atoms with Crippen molar-refractivity contribution in [1.82, 2.24) is 10.2 Å². The number of hydrogen-bond donors (Lipinski definition) is 2. The molecule has 4 heteroatoms. The Balaban J connectivity index is 2.59. The third-order valence-corrected chi connectivity index (χ3v) is 3.41. The maximum Gasteiger partial charge on any atom is 0.122 e. The van der Waals surface area contributed by atoms with Crippen molar-refractivity contribution in [2.45, 2.75) is 27.2 Å². The molecule has 0 aliphatic rings. The molecule has 4 nitrogen and oxygen atoms in total. The van der Waals surface area contributed by atoms with Gasteiger partial charge in [-0.3, -0.25) is 5.10 Å². The monoisotopic (exact) mass is 259 g/mol. The number of H-pyrrole nitrogens is 1. The number of nitrogens with zero attached hydrogens (tertiary/aromatic N) is 1. The lowest BCUT2D eigenvalue weighted by molar-refractivity contribution is 0.411. The summed E-state index contributed by atoms with van der Waals surface area (Å²) in [6.45, 7) is 6.79. The van der Waals surface area contributed by atoms with Crippen LogP contribution < -0.4 is 10.5 Å². The van der Waals surface area contributed by atoms with Crippen molar-refractivity contribution in [3.63, 3.8) is 0 Å². The van der Waals surface area contributed by atoms with Gasteiger partial charge in [-0.25, -0.2) is 0 Å². The van der Waals surface area contributed by atoms with Gasteiger partial charge in [0.15, 0.2) is 0 Å². The van der Waals surface area contributed by atoms with Crippen LogP contribution >= 0.6 is 0 Å². The standard InChI is InChI=1S/C15H21N3O/c1-9-8-14(19-4)10(2)7-12(9)15-11(3)17-18-13(15)5-6-16/h7-8H,5-6,16H2,1-4H3,(H,17,18). The molecule has 0 saturated carbocycles. The van der Waals surface area contributed by atoms with Gasteiger partial charge >= 0.3 is 0 Å². The number of rotatable bonds is 4. The number of aromatic nitrogens is 2. The molecule has 0 aliphatic carbocycles. The van der Waals surface area contributed by atoms with Crippen molar-refractivity contribution in [3.8, 4) is 16.9 Å². The van der Waals surface area contributed by atoms with Crippen LogP contribution in [0, 0.1) is 20.8 Å². The molecule has 1 heterocycles. The third-order valence-electron chi connectivity index (χ3n) is 3.41. The van der Waals surface area contributed by atoms with E-state index >= 15 is 0 Å². The van der Waals surface area contributed by atoms with Gasteiger partial charge < -0.3 is 10.5 Å². The predicted octanol–water partition coefficient (Wildman–Crippen LogP) is 2.51. The number of nitrogens with two attached hydrogens (primary N) is 1. The molecule has 1 aromatic heterocycles. The predicted molar refractivity (Wildman–Crippen MR) is 77.5 cm³/mol. The summed E-state index contributed by atoms with van der Waals surface area (Å²) in [5.74, 6) is 0.919. The Labute approximate surface area is 114 Å². The largest absolute Gasteiger partial charge is 0.496 e. The lowest BCUT2D eigenvalue weighted by Crippen LogP contribution is -2.04. The molecule has 1 aromatic carbocycles. The average Bonchev–Trinajstić information content (AvgIpc) is 2.73. The highest BCUT2D eigenvalue weighted by Gasteiger charge is 2.15. The Morgan fingerprint density at radius 3 is 2.58 bits per heavy atom. The normalized spacial score (nSPS) is 10.8. The molecular formula is C15H21N3O. The minimum absolute atomic E-state index is 0.603. The van der Waals surface area contributed by atoms with Crippen molar-refractivity contribution in [2.75, 3.05) is 13.7 Å².